The highest BCUT2D eigenvalue weighted by molar-refractivity contribution is 6.32. The third-order valence-corrected chi connectivity index (χ3v) is 2.84. The van der Waals surface area contributed by atoms with Crippen LogP contribution in [0.1, 0.15) is 21.7 Å². The first kappa shape index (κ1) is 11.2. The Labute approximate surface area is 103 Å². The summed E-state index contributed by atoms with van der Waals surface area (Å²) in [7, 11) is 0. The average Bonchev–Trinajstić information content (AvgIpc) is 2.68. The molecule has 0 N–H and O–H groups in total. The first-order valence-electron chi connectivity index (χ1n) is 4.64. The Kier molecular flexibility index (Phi) is 3.03. The molecule has 0 saturated heterocycles. The summed E-state index contributed by atoms with van der Waals surface area (Å²) in [6, 6.07) is 8.19. The van der Waals surface area contributed by atoms with Crippen molar-refractivity contribution in [1.29, 1.82) is 0 Å². The number of carbonyl (C=O) groups excluding carboxylic acids is 1. The van der Waals surface area contributed by atoms with Crippen molar-refractivity contribution >= 4 is 29.0 Å². The third kappa shape index (κ3) is 2.13. The predicted octanol–water partition coefficient (Wildman–Crippen LogP) is 4.13. The third-order valence-electron chi connectivity index (χ3n) is 2.23. The van der Waals surface area contributed by atoms with Crippen LogP contribution in [-0.4, -0.2) is 5.78 Å². The smallest absolute Gasteiger partial charge is 0.228 e. The molecule has 0 spiro atoms. The highest BCUT2D eigenvalue weighted by atomic mass is 35.5. The van der Waals surface area contributed by atoms with E-state index in [4.69, 9.17) is 27.6 Å². The van der Waals surface area contributed by atoms with Crippen molar-refractivity contribution in [2.75, 3.05) is 0 Å². The van der Waals surface area contributed by atoms with Crippen molar-refractivity contribution in [1.82, 2.24) is 0 Å². The van der Waals surface area contributed by atoms with E-state index in [0.29, 0.717) is 10.6 Å². The maximum Gasteiger partial charge on any atom is 0.228 e. The van der Waals surface area contributed by atoms with Gasteiger partial charge in [0.25, 0.3) is 0 Å². The zero-order valence-electron chi connectivity index (χ0n) is 8.46. The van der Waals surface area contributed by atoms with Crippen molar-refractivity contribution in [3.63, 3.8) is 0 Å². The van der Waals surface area contributed by atoms with Gasteiger partial charge in [-0.3, -0.25) is 4.79 Å². The minimum absolute atomic E-state index is 0.196. The lowest BCUT2D eigenvalue weighted by atomic mass is 10.1. The second-order valence-corrected chi connectivity index (χ2v) is 4.18. The van der Waals surface area contributed by atoms with Crippen molar-refractivity contribution in [3.8, 4) is 0 Å². The fraction of sp³-hybridized carbons (Fsp3) is 0.0833. The van der Waals surface area contributed by atoms with E-state index in [9.17, 15) is 4.79 Å². The van der Waals surface area contributed by atoms with E-state index in [2.05, 4.69) is 0 Å². The van der Waals surface area contributed by atoms with Crippen LogP contribution in [0.3, 0.4) is 0 Å². The molecular formula is C12H8Cl2O2. The molecule has 4 heteroatoms. The van der Waals surface area contributed by atoms with Crippen LogP contribution in [0.4, 0.5) is 0 Å². The molecule has 0 radical (unpaired) electrons. The summed E-state index contributed by atoms with van der Waals surface area (Å²) in [5, 5.41) is 0.755. The van der Waals surface area contributed by atoms with Gasteiger partial charge in [0.1, 0.15) is 0 Å². The van der Waals surface area contributed by atoms with Crippen molar-refractivity contribution in [2.45, 2.75) is 6.92 Å². The lowest BCUT2D eigenvalue weighted by molar-refractivity contribution is 0.101. The van der Waals surface area contributed by atoms with E-state index in [1.54, 1.807) is 24.3 Å². The van der Waals surface area contributed by atoms with Crippen LogP contribution in [0.15, 0.2) is 34.7 Å². The molecule has 16 heavy (non-hydrogen) atoms. The molecule has 0 amide bonds. The monoisotopic (exact) mass is 254 g/mol. The van der Waals surface area contributed by atoms with E-state index in [1.807, 2.05) is 6.92 Å². The Balaban J connectivity index is 2.38. The van der Waals surface area contributed by atoms with Crippen molar-refractivity contribution in [3.05, 3.63) is 57.5 Å². The Morgan fingerprint density at radius 3 is 2.50 bits per heavy atom. The van der Waals surface area contributed by atoms with Gasteiger partial charge in [-0.15, -0.1) is 0 Å². The van der Waals surface area contributed by atoms with Crippen LogP contribution in [0.2, 0.25) is 10.2 Å². The molecule has 82 valence electrons. The van der Waals surface area contributed by atoms with Gasteiger partial charge in [0, 0.05) is 10.6 Å². The standard InChI is InChI=1S/C12H8Cl2O2/c1-7-2-3-8(6-9(7)13)12(15)10-4-5-11(14)16-10/h2-6H,1H3. The Bertz CT molecular complexity index is 544. The van der Waals surface area contributed by atoms with Crippen LogP contribution in [-0.2, 0) is 0 Å². The van der Waals surface area contributed by atoms with Gasteiger partial charge in [0.15, 0.2) is 11.0 Å². The second-order valence-electron chi connectivity index (χ2n) is 3.40. The molecule has 0 aliphatic carbocycles. The maximum absolute atomic E-state index is 11.9. The van der Waals surface area contributed by atoms with E-state index in [0.717, 1.165) is 5.56 Å². The number of carbonyl (C=O) groups is 1. The molecule has 2 aromatic rings. The highest BCUT2D eigenvalue weighted by Crippen LogP contribution is 2.21. The number of ketones is 1. The van der Waals surface area contributed by atoms with Crippen LogP contribution in [0.25, 0.3) is 0 Å². The number of hydrogen-bond acceptors (Lipinski definition) is 2. The van der Waals surface area contributed by atoms with Crippen LogP contribution in [0.5, 0.6) is 0 Å². The molecule has 0 bridgehead atoms. The quantitative estimate of drug-likeness (QED) is 0.755. The van der Waals surface area contributed by atoms with Crippen LogP contribution >= 0.6 is 23.2 Å². The van der Waals surface area contributed by atoms with E-state index in [1.165, 1.54) is 6.07 Å². The summed E-state index contributed by atoms with van der Waals surface area (Å²) in [6.07, 6.45) is 0. The number of furan rings is 1. The van der Waals surface area contributed by atoms with Gasteiger partial charge in [0.05, 0.1) is 0 Å². The number of hydrogen-bond donors (Lipinski definition) is 0. The molecule has 0 atom stereocenters. The summed E-state index contributed by atoms with van der Waals surface area (Å²) < 4.78 is 5.04. The Hall–Kier alpha value is -1.25. The summed E-state index contributed by atoms with van der Waals surface area (Å²) in [6.45, 7) is 1.88. The van der Waals surface area contributed by atoms with Gasteiger partial charge in [-0.25, -0.2) is 0 Å². The lowest BCUT2D eigenvalue weighted by Gasteiger charge is -2.01. The molecule has 0 aliphatic heterocycles. The first-order chi connectivity index (χ1) is 7.58. The summed E-state index contributed by atoms with van der Waals surface area (Å²) in [4.78, 5) is 11.9. The van der Waals surface area contributed by atoms with Gasteiger partial charge in [-0.1, -0.05) is 23.7 Å². The molecule has 2 rings (SSSR count). The minimum atomic E-state index is -0.228. The van der Waals surface area contributed by atoms with Crippen molar-refractivity contribution in [2.24, 2.45) is 0 Å². The fourth-order valence-corrected chi connectivity index (χ4v) is 1.64. The van der Waals surface area contributed by atoms with Gasteiger partial charge in [-0.05, 0) is 42.3 Å². The molecule has 0 fully saturated rings. The van der Waals surface area contributed by atoms with Gasteiger partial charge < -0.3 is 4.42 Å². The molecule has 1 heterocycles. The molecule has 2 nitrogen and oxygen atoms in total. The van der Waals surface area contributed by atoms with Gasteiger partial charge >= 0.3 is 0 Å². The SMILES string of the molecule is Cc1ccc(C(=O)c2ccc(Cl)o2)cc1Cl. The average molecular weight is 255 g/mol. The summed E-state index contributed by atoms with van der Waals surface area (Å²) in [5.74, 6) is -0.0151. The molecule has 0 unspecified atom stereocenters. The fourth-order valence-electron chi connectivity index (χ4n) is 1.31. The minimum Gasteiger partial charge on any atom is -0.441 e. The number of halogens is 2. The van der Waals surface area contributed by atoms with Gasteiger partial charge in [0.2, 0.25) is 5.78 Å². The van der Waals surface area contributed by atoms with Gasteiger partial charge in [-0.2, -0.15) is 0 Å². The second kappa shape index (κ2) is 4.32. The zero-order chi connectivity index (χ0) is 11.7. The number of rotatable bonds is 2. The topological polar surface area (TPSA) is 30.2 Å². The summed E-state index contributed by atoms with van der Waals surface area (Å²) >= 11 is 11.5. The normalized spacial score (nSPS) is 10.4. The van der Waals surface area contributed by atoms with Crippen molar-refractivity contribution < 1.29 is 9.21 Å². The predicted molar refractivity (Wildman–Crippen MR) is 63.3 cm³/mol. The first-order valence-corrected chi connectivity index (χ1v) is 5.39. The zero-order valence-corrected chi connectivity index (χ0v) is 9.97. The molecule has 1 aromatic heterocycles. The Morgan fingerprint density at radius 2 is 1.94 bits per heavy atom. The summed E-state index contributed by atoms with van der Waals surface area (Å²) in [5.41, 5.74) is 1.41. The molecule has 0 saturated carbocycles. The largest absolute Gasteiger partial charge is 0.441 e. The molecule has 0 aliphatic rings. The van der Waals surface area contributed by atoms with Crippen LogP contribution < -0.4 is 0 Å². The lowest BCUT2D eigenvalue weighted by Crippen LogP contribution is -1.99. The Morgan fingerprint density at radius 1 is 1.19 bits per heavy atom. The van der Waals surface area contributed by atoms with E-state index >= 15 is 0 Å². The maximum atomic E-state index is 11.9. The van der Waals surface area contributed by atoms with E-state index < -0.39 is 0 Å². The molecular weight excluding hydrogens is 247 g/mol. The number of benzene rings is 1. The number of aryl methyl sites for hydroxylation is 1. The van der Waals surface area contributed by atoms with Crippen LogP contribution in [0, 0.1) is 6.92 Å². The van der Waals surface area contributed by atoms with E-state index in [-0.39, 0.29) is 16.8 Å². The highest BCUT2D eigenvalue weighted by Gasteiger charge is 2.13. The molecule has 1 aromatic carbocycles.